The fourth-order valence-corrected chi connectivity index (χ4v) is 4.53. The summed E-state index contributed by atoms with van der Waals surface area (Å²) in [6.45, 7) is 1.91. The van der Waals surface area contributed by atoms with E-state index in [1.165, 1.54) is 0 Å². The van der Waals surface area contributed by atoms with Crippen molar-refractivity contribution in [3.63, 3.8) is 0 Å². The van der Waals surface area contributed by atoms with E-state index in [0.717, 1.165) is 46.4 Å². The number of aliphatic carboxylic acids is 1. The molecule has 0 radical (unpaired) electrons. The Bertz CT molecular complexity index is 1190. The number of amides is 1. The molecule has 1 heterocycles. The molecule has 1 N–H and O–H groups in total. The molecule has 1 aromatic heterocycles. The second-order valence-electron chi connectivity index (χ2n) is 9.35. The molecule has 5 rings (SSSR count). The number of hydrogen-bond donors (Lipinski definition) is 1. The lowest BCUT2D eigenvalue weighted by Crippen LogP contribution is -2.28. The first-order chi connectivity index (χ1) is 15.9. The van der Waals surface area contributed by atoms with Gasteiger partial charge in [0.2, 0.25) is 5.91 Å². The van der Waals surface area contributed by atoms with Gasteiger partial charge in [0.25, 0.3) is 0 Å². The summed E-state index contributed by atoms with van der Waals surface area (Å²) in [5.74, 6) is 0.144. The van der Waals surface area contributed by atoms with Gasteiger partial charge in [0.15, 0.2) is 5.76 Å². The number of benzene rings is 2. The van der Waals surface area contributed by atoms with Crippen LogP contribution in [0.2, 0.25) is 0 Å². The summed E-state index contributed by atoms with van der Waals surface area (Å²) in [5, 5.41) is 13.6. The fraction of sp³-hybridized carbons (Fsp3) is 0.370. The molecule has 2 saturated carbocycles. The Morgan fingerprint density at radius 3 is 2.15 bits per heavy atom. The van der Waals surface area contributed by atoms with Crippen LogP contribution in [0.5, 0.6) is 0 Å². The lowest BCUT2D eigenvalue weighted by molar-refractivity contribution is -0.140. The Hall–Kier alpha value is -3.41. The first-order valence-electron chi connectivity index (χ1n) is 11.5. The highest BCUT2D eigenvalue weighted by molar-refractivity contribution is 5.85. The molecular formula is C27H28N2O4. The number of aromatic nitrogens is 1. The molecule has 0 saturated heterocycles. The molecule has 6 heteroatoms. The third-order valence-electron chi connectivity index (χ3n) is 7.14. The maximum Gasteiger partial charge on any atom is 0.314 e. The molecule has 0 aliphatic heterocycles. The molecule has 2 aliphatic rings. The van der Waals surface area contributed by atoms with Gasteiger partial charge in [-0.2, -0.15) is 0 Å². The number of carboxylic acids is 1. The van der Waals surface area contributed by atoms with E-state index in [-0.39, 0.29) is 5.91 Å². The maximum absolute atomic E-state index is 12.4. The standard InChI is InChI=1S/C27H28N2O4/c1-17-23(13-14-24(30)29(2)22-11-12-22)25(33-28-17)20-5-3-18(4-6-20)19-7-9-21(10-8-19)27(15-16-27)26(31)32/h3-10,22H,11-16H2,1-2H3,(H,31,32). The summed E-state index contributed by atoms with van der Waals surface area (Å²) in [7, 11) is 1.89. The van der Waals surface area contributed by atoms with E-state index in [1.54, 1.807) is 0 Å². The second-order valence-corrected chi connectivity index (χ2v) is 9.35. The highest BCUT2D eigenvalue weighted by Crippen LogP contribution is 2.48. The van der Waals surface area contributed by atoms with Crippen LogP contribution in [0.4, 0.5) is 0 Å². The summed E-state index contributed by atoms with van der Waals surface area (Å²) in [6.07, 6.45) is 4.68. The van der Waals surface area contributed by atoms with Crippen LogP contribution in [-0.2, 0) is 21.4 Å². The lowest BCUT2D eigenvalue weighted by Gasteiger charge is -2.16. The molecule has 1 amide bonds. The van der Waals surface area contributed by atoms with Gasteiger partial charge >= 0.3 is 5.97 Å². The molecule has 170 valence electrons. The second kappa shape index (κ2) is 8.18. The van der Waals surface area contributed by atoms with E-state index in [1.807, 2.05) is 67.4 Å². The minimum atomic E-state index is -0.737. The van der Waals surface area contributed by atoms with Crippen molar-refractivity contribution >= 4 is 11.9 Å². The van der Waals surface area contributed by atoms with Crippen molar-refractivity contribution in [3.8, 4) is 22.5 Å². The van der Waals surface area contributed by atoms with Crippen LogP contribution in [0.1, 0.15) is 48.9 Å². The van der Waals surface area contributed by atoms with Crippen LogP contribution < -0.4 is 0 Å². The number of carbonyl (C=O) groups excluding carboxylic acids is 1. The molecule has 3 aromatic rings. The highest BCUT2D eigenvalue weighted by atomic mass is 16.5. The van der Waals surface area contributed by atoms with E-state index in [9.17, 15) is 14.7 Å². The van der Waals surface area contributed by atoms with E-state index in [0.29, 0.717) is 37.5 Å². The quantitative estimate of drug-likeness (QED) is 0.529. The molecule has 6 nitrogen and oxygen atoms in total. The Balaban J connectivity index is 1.31. The summed E-state index contributed by atoms with van der Waals surface area (Å²) < 4.78 is 5.63. The van der Waals surface area contributed by atoms with Gasteiger partial charge in [0.05, 0.1) is 11.1 Å². The van der Waals surface area contributed by atoms with Gasteiger partial charge in [0, 0.05) is 30.6 Å². The summed E-state index contributed by atoms with van der Waals surface area (Å²) in [4.78, 5) is 25.9. The first kappa shape index (κ1) is 21.4. The first-order valence-corrected chi connectivity index (χ1v) is 11.5. The SMILES string of the molecule is Cc1noc(-c2ccc(-c3ccc(C4(C(=O)O)CC4)cc3)cc2)c1CCC(=O)N(C)C1CC1. The molecule has 0 spiro atoms. The van der Waals surface area contributed by atoms with Gasteiger partial charge in [-0.15, -0.1) is 0 Å². The van der Waals surface area contributed by atoms with Crippen LogP contribution in [-0.4, -0.2) is 40.1 Å². The monoisotopic (exact) mass is 444 g/mol. The van der Waals surface area contributed by atoms with Crippen molar-refractivity contribution in [1.29, 1.82) is 0 Å². The Morgan fingerprint density at radius 1 is 1.03 bits per heavy atom. The van der Waals surface area contributed by atoms with Crippen LogP contribution in [0.15, 0.2) is 53.1 Å². The van der Waals surface area contributed by atoms with Crippen LogP contribution >= 0.6 is 0 Å². The van der Waals surface area contributed by atoms with Gasteiger partial charge in [-0.3, -0.25) is 9.59 Å². The van der Waals surface area contributed by atoms with Crippen molar-refractivity contribution in [2.75, 3.05) is 7.05 Å². The molecule has 0 bridgehead atoms. The van der Waals surface area contributed by atoms with Gasteiger partial charge in [-0.05, 0) is 55.7 Å². The van der Waals surface area contributed by atoms with Crippen LogP contribution in [0.3, 0.4) is 0 Å². The normalized spacial score (nSPS) is 16.4. The predicted molar refractivity (Wildman–Crippen MR) is 125 cm³/mol. The van der Waals surface area contributed by atoms with Gasteiger partial charge in [-0.1, -0.05) is 53.7 Å². The van der Waals surface area contributed by atoms with E-state index in [4.69, 9.17) is 4.52 Å². The summed E-state index contributed by atoms with van der Waals surface area (Å²) in [6, 6.07) is 16.3. The zero-order valence-corrected chi connectivity index (χ0v) is 19.0. The van der Waals surface area contributed by atoms with E-state index in [2.05, 4.69) is 5.16 Å². The third kappa shape index (κ3) is 4.06. The smallest absolute Gasteiger partial charge is 0.314 e. The molecule has 33 heavy (non-hydrogen) atoms. The average Bonchev–Trinajstić information content (AvgIpc) is 3.75. The zero-order valence-electron chi connectivity index (χ0n) is 19.0. The van der Waals surface area contributed by atoms with E-state index >= 15 is 0 Å². The maximum atomic E-state index is 12.4. The molecule has 2 aliphatic carbocycles. The molecule has 2 aromatic carbocycles. The van der Waals surface area contributed by atoms with Crippen molar-refractivity contribution in [3.05, 3.63) is 65.4 Å². The summed E-state index contributed by atoms with van der Waals surface area (Å²) >= 11 is 0. The number of carboxylic acid groups (broad SMARTS) is 1. The molecule has 0 atom stereocenters. The fourth-order valence-electron chi connectivity index (χ4n) is 4.53. The average molecular weight is 445 g/mol. The number of hydrogen-bond acceptors (Lipinski definition) is 4. The molecular weight excluding hydrogens is 416 g/mol. The molecule has 0 unspecified atom stereocenters. The summed E-state index contributed by atoms with van der Waals surface area (Å²) in [5.41, 5.74) is 5.00. The van der Waals surface area contributed by atoms with Gasteiger partial charge in [0.1, 0.15) is 0 Å². The number of nitrogens with zero attached hydrogens (tertiary/aromatic N) is 2. The Labute approximate surface area is 193 Å². The van der Waals surface area contributed by atoms with Gasteiger partial charge in [-0.25, -0.2) is 0 Å². The highest BCUT2D eigenvalue weighted by Gasteiger charge is 2.51. The number of carbonyl (C=O) groups is 2. The predicted octanol–water partition coefficient (Wildman–Crippen LogP) is 4.99. The number of aryl methyl sites for hydroxylation is 1. The van der Waals surface area contributed by atoms with Gasteiger partial charge < -0.3 is 14.5 Å². The topological polar surface area (TPSA) is 83.6 Å². The number of rotatable bonds is 8. The minimum absolute atomic E-state index is 0.165. The van der Waals surface area contributed by atoms with E-state index < -0.39 is 11.4 Å². The largest absolute Gasteiger partial charge is 0.481 e. The Morgan fingerprint density at radius 2 is 1.61 bits per heavy atom. The van der Waals surface area contributed by atoms with Crippen molar-refractivity contribution in [2.24, 2.45) is 0 Å². The Kier molecular flexibility index (Phi) is 5.31. The third-order valence-corrected chi connectivity index (χ3v) is 7.14. The van der Waals surface area contributed by atoms with Crippen LogP contribution in [0.25, 0.3) is 22.5 Å². The van der Waals surface area contributed by atoms with Crippen LogP contribution in [0, 0.1) is 6.92 Å². The van der Waals surface area contributed by atoms with Crippen molar-refractivity contribution < 1.29 is 19.2 Å². The zero-order chi connectivity index (χ0) is 23.2. The molecule has 2 fully saturated rings. The van der Waals surface area contributed by atoms with Crippen molar-refractivity contribution in [1.82, 2.24) is 10.1 Å². The lowest BCUT2D eigenvalue weighted by atomic mass is 9.93. The minimum Gasteiger partial charge on any atom is -0.481 e. The van der Waals surface area contributed by atoms with Crippen molar-refractivity contribution in [2.45, 2.75) is 56.9 Å².